The fourth-order valence-electron chi connectivity index (χ4n) is 1.70. The van der Waals surface area contributed by atoms with Gasteiger partial charge in [0.05, 0.1) is 10.2 Å². The van der Waals surface area contributed by atoms with E-state index in [0.29, 0.717) is 17.1 Å². The number of halogens is 2. The van der Waals surface area contributed by atoms with E-state index in [4.69, 9.17) is 5.73 Å². The van der Waals surface area contributed by atoms with E-state index in [1.54, 1.807) is 12.1 Å². The van der Waals surface area contributed by atoms with Gasteiger partial charge in [-0.25, -0.2) is 17.5 Å². The third-order valence-electron chi connectivity index (χ3n) is 2.76. The van der Waals surface area contributed by atoms with Crippen LogP contribution in [-0.4, -0.2) is 15.5 Å². The number of sulfonamides is 1. The number of nitrogen functional groups attached to an aromatic ring is 1. The molecule has 0 radical (unpaired) electrons. The van der Waals surface area contributed by atoms with Crippen molar-refractivity contribution in [1.29, 1.82) is 0 Å². The maximum Gasteiger partial charge on any atom is 0.242 e. The van der Waals surface area contributed by atoms with Crippen molar-refractivity contribution in [1.82, 2.24) is 4.72 Å². The predicted molar refractivity (Wildman–Crippen MR) is 84.5 cm³/mol. The molecule has 2 aromatic rings. The number of anilines is 3. The maximum atomic E-state index is 13.2. The van der Waals surface area contributed by atoms with E-state index in [1.165, 1.54) is 31.3 Å². The Morgan fingerprint density at radius 1 is 1.19 bits per heavy atom. The van der Waals surface area contributed by atoms with Crippen molar-refractivity contribution in [2.75, 3.05) is 18.1 Å². The number of nitrogens with one attached hydrogen (secondary N) is 2. The highest BCUT2D eigenvalue weighted by Gasteiger charge is 2.17. The number of benzene rings is 2. The van der Waals surface area contributed by atoms with Crippen molar-refractivity contribution < 1.29 is 12.8 Å². The number of hydrogen-bond acceptors (Lipinski definition) is 4. The molecule has 0 aliphatic carbocycles. The minimum atomic E-state index is -3.67. The molecular weight excluding hydrogens is 361 g/mol. The Morgan fingerprint density at radius 2 is 1.90 bits per heavy atom. The maximum absolute atomic E-state index is 13.2. The molecule has 0 atom stereocenters. The van der Waals surface area contributed by atoms with Crippen molar-refractivity contribution >= 4 is 43.0 Å². The smallest absolute Gasteiger partial charge is 0.242 e. The summed E-state index contributed by atoms with van der Waals surface area (Å²) in [6, 6.07) is 8.78. The summed E-state index contributed by atoms with van der Waals surface area (Å²) in [5.41, 5.74) is 6.85. The second kappa shape index (κ2) is 6.00. The lowest BCUT2D eigenvalue weighted by atomic mass is 10.2. The van der Waals surface area contributed by atoms with Crippen molar-refractivity contribution in [3.63, 3.8) is 0 Å². The average molecular weight is 374 g/mol. The summed E-state index contributed by atoms with van der Waals surface area (Å²) in [6.45, 7) is 0. The molecule has 2 rings (SSSR count). The zero-order valence-electron chi connectivity index (χ0n) is 11.0. The van der Waals surface area contributed by atoms with E-state index in [9.17, 15) is 12.8 Å². The molecule has 0 heterocycles. The molecule has 0 saturated carbocycles. The molecule has 0 aliphatic rings. The van der Waals surface area contributed by atoms with Gasteiger partial charge in [0, 0.05) is 11.4 Å². The van der Waals surface area contributed by atoms with E-state index in [2.05, 4.69) is 26.0 Å². The highest BCUT2D eigenvalue weighted by molar-refractivity contribution is 9.10. The van der Waals surface area contributed by atoms with Crippen LogP contribution in [0.5, 0.6) is 0 Å². The van der Waals surface area contributed by atoms with Crippen LogP contribution < -0.4 is 15.8 Å². The zero-order chi connectivity index (χ0) is 15.6. The average Bonchev–Trinajstić information content (AvgIpc) is 2.44. The van der Waals surface area contributed by atoms with E-state index in [-0.39, 0.29) is 9.37 Å². The van der Waals surface area contributed by atoms with Gasteiger partial charge < -0.3 is 11.1 Å². The van der Waals surface area contributed by atoms with E-state index in [1.807, 2.05) is 0 Å². The first kappa shape index (κ1) is 15.7. The van der Waals surface area contributed by atoms with Crippen molar-refractivity contribution in [3.05, 3.63) is 46.7 Å². The molecular formula is C13H13BrFN3O2S. The Kier molecular flexibility index (Phi) is 4.50. The molecule has 0 spiro atoms. The lowest BCUT2D eigenvalue weighted by molar-refractivity contribution is 0.588. The van der Waals surface area contributed by atoms with Crippen molar-refractivity contribution in [3.8, 4) is 0 Å². The molecule has 8 heteroatoms. The molecule has 4 N–H and O–H groups in total. The lowest BCUT2D eigenvalue weighted by Gasteiger charge is -2.13. The molecule has 0 unspecified atom stereocenters. The minimum absolute atomic E-state index is 0.0189. The van der Waals surface area contributed by atoms with Crippen LogP contribution in [0.3, 0.4) is 0 Å². The Bertz CT molecular complexity index is 781. The second-order valence-corrected chi connectivity index (χ2v) is 6.93. The molecule has 0 saturated heterocycles. The van der Waals surface area contributed by atoms with Crippen molar-refractivity contribution in [2.45, 2.75) is 4.90 Å². The van der Waals surface area contributed by atoms with Gasteiger partial charge >= 0.3 is 0 Å². The fourth-order valence-corrected chi connectivity index (χ4v) is 3.00. The molecule has 0 aromatic heterocycles. The second-order valence-electron chi connectivity index (χ2n) is 4.22. The van der Waals surface area contributed by atoms with Crippen molar-refractivity contribution in [2.24, 2.45) is 0 Å². The van der Waals surface area contributed by atoms with Crippen LogP contribution in [0.4, 0.5) is 21.5 Å². The Morgan fingerprint density at radius 3 is 2.52 bits per heavy atom. The van der Waals surface area contributed by atoms with Gasteiger partial charge in [-0.05, 0) is 59.4 Å². The standard InChI is InChI=1S/C13H13BrFN3O2S/c1-17-21(19,20)13-6-8(16)2-5-12(13)18-9-3-4-11(15)10(14)7-9/h2-7,17-18H,16H2,1H3. The Labute approximate surface area is 130 Å². The van der Waals surface area contributed by atoms with Crippen LogP contribution in [0.2, 0.25) is 0 Å². The summed E-state index contributed by atoms with van der Waals surface area (Å²) in [5.74, 6) is -0.402. The Hall–Kier alpha value is -1.64. The molecule has 5 nitrogen and oxygen atoms in total. The highest BCUT2D eigenvalue weighted by atomic mass is 79.9. The molecule has 0 amide bonds. The van der Waals surface area contributed by atoms with Crippen LogP contribution >= 0.6 is 15.9 Å². The molecule has 0 aliphatic heterocycles. The third kappa shape index (κ3) is 3.52. The fraction of sp³-hybridized carbons (Fsp3) is 0.0769. The molecule has 0 bridgehead atoms. The molecule has 2 aromatic carbocycles. The van der Waals surface area contributed by atoms with Crippen LogP contribution in [0.25, 0.3) is 0 Å². The zero-order valence-corrected chi connectivity index (χ0v) is 13.4. The SMILES string of the molecule is CNS(=O)(=O)c1cc(N)ccc1Nc1ccc(F)c(Br)c1. The quantitative estimate of drug-likeness (QED) is 0.719. The first-order chi connectivity index (χ1) is 9.83. The number of hydrogen-bond donors (Lipinski definition) is 3. The summed E-state index contributed by atoms with van der Waals surface area (Å²) >= 11 is 3.08. The summed E-state index contributed by atoms with van der Waals surface area (Å²) in [6.07, 6.45) is 0. The van der Waals surface area contributed by atoms with Gasteiger partial charge in [0.15, 0.2) is 0 Å². The summed E-state index contributed by atoms with van der Waals surface area (Å²) in [4.78, 5) is 0.0189. The highest BCUT2D eigenvalue weighted by Crippen LogP contribution is 2.28. The summed E-state index contributed by atoms with van der Waals surface area (Å²) in [7, 11) is -2.35. The molecule has 21 heavy (non-hydrogen) atoms. The van der Waals surface area contributed by atoms with Crippen LogP contribution in [0, 0.1) is 5.82 Å². The minimum Gasteiger partial charge on any atom is -0.399 e. The largest absolute Gasteiger partial charge is 0.399 e. The van der Waals surface area contributed by atoms with Gasteiger partial charge in [-0.2, -0.15) is 0 Å². The van der Waals surface area contributed by atoms with Gasteiger partial charge in [0.2, 0.25) is 10.0 Å². The first-order valence-electron chi connectivity index (χ1n) is 5.88. The van der Waals surface area contributed by atoms with Crippen LogP contribution in [0.15, 0.2) is 45.8 Å². The van der Waals surface area contributed by atoms with Gasteiger partial charge in [-0.1, -0.05) is 0 Å². The Balaban J connectivity index is 2.47. The van der Waals surface area contributed by atoms with Crippen LogP contribution in [0.1, 0.15) is 0 Å². The predicted octanol–water partition coefficient (Wildman–Crippen LogP) is 2.82. The van der Waals surface area contributed by atoms with Crippen LogP contribution in [-0.2, 0) is 10.0 Å². The van der Waals surface area contributed by atoms with E-state index < -0.39 is 15.8 Å². The number of nitrogens with two attached hydrogens (primary N) is 1. The monoisotopic (exact) mass is 373 g/mol. The normalized spacial score (nSPS) is 11.4. The summed E-state index contributed by atoms with van der Waals surface area (Å²) in [5, 5.41) is 2.94. The van der Waals surface area contributed by atoms with Gasteiger partial charge in [0.25, 0.3) is 0 Å². The van der Waals surface area contributed by atoms with Gasteiger partial charge in [-0.15, -0.1) is 0 Å². The van der Waals surface area contributed by atoms with Gasteiger partial charge in [0.1, 0.15) is 10.7 Å². The lowest BCUT2D eigenvalue weighted by Crippen LogP contribution is -2.20. The molecule has 0 fully saturated rings. The van der Waals surface area contributed by atoms with E-state index in [0.717, 1.165) is 0 Å². The first-order valence-corrected chi connectivity index (χ1v) is 8.16. The summed E-state index contributed by atoms with van der Waals surface area (Å²) < 4.78 is 39.8. The third-order valence-corrected chi connectivity index (χ3v) is 4.82. The van der Waals surface area contributed by atoms with Gasteiger partial charge in [-0.3, -0.25) is 0 Å². The topological polar surface area (TPSA) is 84.2 Å². The van der Waals surface area contributed by atoms with E-state index >= 15 is 0 Å². The number of rotatable bonds is 4. The molecule has 112 valence electrons.